The largest absolute Gasteiger partial charge is 0.480 e. The highest BCUT2D eigenvalue weighted by molar-refractivity contribution is 6.04. The van der Waals surface area contributed by atoms with Crippen LogP contribution in [-0.4, -0.2) is 28.9 Å². The van der Waals surface area contributed by atoms with Crippen LogP contribution in [0.15, 0.2) is 41.6 Å². The van der Waals surface area contributed by atoms with E-state index in [2.05, 4.69) is 10.6 Å². The minimum absolute atomic E-state index is 0.0609. The van der Waals surface area contributed by atoms with Crippen molar-refractivity contribution in [3.05, 3.63) is 47.2 Å². The molecule has 0 aromatic heterocycles. The van der Waals surface area contributed by atoms with E-state index in [1.165, 1.54) is 0 Å². The van der Waals surface area contributed by atoms with Crippen LogP contribution < -0.4 is 10.6 Å². The lowest BCUT2D eigenvalue weighted by molar-refractivity contribution is -0.142. The molecular formula is C17H22N2O4. The normalized spacial score (nSPS) is 11.5. The van der Waals surface area contributed by atoms with Crippen LogP contribution in [0.5, 0.6) is 0 Å². The van der Waals surface area contributed by atoms with Crippen molar-refractivity contribution in [1.29, 1.82) is 0 Å². The first kappa shape index (κ1) is 18.4. The zero-order chi connectivity index (χ0) is 17.6. The van der Waals surface area contributed by atoms with Crippen molar-refractivity contribution in [2.75, 3.05) is 0 Å². The molecule has 0 bridgehead atoms. The average molecular weight is 318 g/mol. The van der Waals surface area contributed by atoms with Gasteiger partial charge in [-0.2, -0.15) is 0 Å². The molecule has 0 radical (unpaired) electrons. The molecule has 1 aromatic rings. The van der Waals surface area contributed by atoms with Crippen molar-refractivity contribution in [2.24, 2.45) is 5.92 Å². The predicted octanol–water partition coefficient (Wildman–Crippen LogP) is 1.94. The zero-order valence-corrected chi connectivity index (χ0v) is 13.7. The standard InChI is InChI=1S/C17H22N2O4/c1-10(2)13(16(21)19-14(11(3)4)17(22)23)18-15(20)12-8-6-5-7-9-12/h5-9,11,14H,1-4H3,(H,18,20)(H,19,21)(H,22,23)/t14-/m0/s1. The van der Waals surface area contributed by atoms with E-state index in [0.29, 0.717) is 11.1 Å². The van der Waals surface area contributed by atoms with Crippen LogP contribution in [0.4, 0.5) is 0 Å². The number of hydrogen-bond acceptors (Lipinski definition) is 3. The van der Waals surface area contributed by atoms with Crippen LogP contribution in [-0.2, 0) is 9.59 Å². The molecule has 0 heterocycles. The number of carboxylic acids is 1. The number of hydrogen-bond donors (Lipinski definition) is 3. The van der Waals surface area contributed by atoms with Gasteiger partial charge in [-0.25, -0.2) is 4.79 Å². The van der Waals surface area contributed by atoms with Crippen LogP contribution in [0, 0.1) is 5.92 Å². The van der Waals surface area contributed by atoms with Crippen molar-refractivity contribution in [3.8, 4) is 0 Å². The van der Waals surface area contributed by atoms with Crippen molar-refractivity contribution in [1.82, 2.24) is 10.6 Å². The Balaban J connectivity index is 2.91. The van der Waals surface area contributed by atoms with Crippen molar-refractivity contribution < 1.29 is 19.5 Å². The second-order valence-corrected chi connectivity index (χ2v) is 5.73. The summed E-state index contributed by atoms with van der Waals surface area (Å²) in [5.74, 6) is -2.43. The summed E-state index contributed by atoms with van der Waals surface area (Å²) in [5, 5.41) is 14.1. The number of carboxylic acid groups (broad SMARTS) is 1. The molecular weight excluding hydrogens is 296 g/mol. The maximum Gasteiger partial charge on any atom is 0.326 e. The number of rotatable bonds is 6. The van der Waals surface area contributed by atoms with Gasteiger partial charge in [0.05, 0.1) is 0 Å². The van der Waals surface area contributed by atoms with E-state index in [9.17, 15) is 14.4 Å². The Bertz CT molecular complexity index is 617. The summed E-state index contributed by atoms with van der Waals surface area (Å²) in [6.07, 6.45) is 0. The van der Waals surface area contributed by atoms with Crippen molar-refractivity contribution in [3.63, 3.8) is 0 Å². The Hall–Kier alpha value is -2.63. The molecule has 6 heteroatoms. The predicted molar refractivity (Wildman–Crippen MR) is 86.7 cm³/mol. The van der Waals surface area contributed by atoms with Gasteiger partial charge in [0, 0.05) is 5.56 Å². The van der Waals surface area contributed by atoms with Gasteiger partial charge in [0.1, 0.15) is 11.7 Å². The van der Waals surface area contributed by atoms with E-state index in [0.717, 1.165) is 0 Å². The molecule has 0 saturated carbocycles. The Labute approximate surface area is 135 Å². The topological polar surface area (TPSA) is 95.5 Å². The van der Waals surface area contributed by atoms with E-state index >= 15 is 0 Å². The molecule has 6 nitrogen and oxygen atoms in total. The number of carbonyl (C=O) groups is 3. The Morgan fingerprint density at radius 3 is 2.04 bits per heavy atom. The van der Waals surface area contributed by atoms with Gasteiger partial charge in [-0.05, 0) is 37.5 Å². The number of benzene rings is 1. The van der Waals surface area contributed by atoms with Gasteiger partial charge in [-0.15, -0.1) is 0 Å². The summed E-state index contributed by atoms with van der Waals surface area (Å²) >= 11 is 0. The quantitative estimate of drug-likeness (QED) is 0.698. The van der Waals surface area contributed by atoms with E-state index < -0.39 is 23.8 Å². The minimum Gasteiger partial charge on any atom is -0.480 e. The molecule has 1 aromatic carbocycles. The number of aliphatic carboxylic acids is 1. The molecule has 2 amide bonds. The van der Waals surface area contributed by atoms with Crippen LogP contribution in [0.25, 0.3) is 0 Å². The van der Waals surface area contributed by atoms with E-state index in [1.807, 2.05) is 0 Å². The maximum atomic E-state index is 12.3. The summed E-state index contributed by atoms with van der Waals surface area (Å²) in [7, 11) is 0. The Morgan fingerprint density at radius 1 is 1.04 bits per heavy atom. The Kier molecular flexibility index (Phi) is 6.50. The molecule has 124 valence electrons. The first-order chi connectivity index (χ1) is 10.7. The molecule has 0 fully saturated rings. The zero-order valence-electron chi connectivity index (χ0n) is 13.7. The fraction of sp³-hybridized carbons (Fsp3) is 0.353. The molecule has 0 unspecified atom stereocenters. The van der Waals surface area contributed by atoms with Gasteiger partial charge in [-0.3, -0.25) is 9.59 Å². The SMILES string of the molecule is CC(C)=C(NC(=O)c1ccccc1)C(=O)N[C@H](C(=O)O)C(C)C. The number of carbonyl (C=O) groups excluding carboxylic acids is 2. The molecule has 0 saturated heterocycles. The van der Waals surface area contributed by atoms with Gasteiger partial charge >= 0.3 is 5.97 Å². The van der Waals surface area contributed by atoms with Crippen LogP contribution in [0.1, 0.15) is 38.1 Å². The highest BCUT2D eigenvalue weighted by Gasteiger charge is 2.26. The van der Waals surface area contributed by atoms with Gasteiger partial charge < -0.3 is 15.7 Å². The first-order valence-electron chi connectivity index (χ1n) is 7.31. The number of amides is 2. The molecule has 1 rings (SSSR count). The lowest BCUT2D eigenvalue weighted by atomic mass is 10.0. The fourth-order valence-corrected chi connectivity index (χ4v) is 1.91. The lowest BCUT2D eigenvalue weighted by Gasteiger charge is -2.20. The lowest BCUT2D eigenvalue weighted by Crippen LogP contribution is -2.47. The third-order valence-electron chi connectivity index (χ3n) is 3.22. The molecule has 0 aliphatic rings. The van der Waals surface area contributed by atoms with E-state index in [1.54, 1.807) is 58.0 Å². The summed E-state index contributed by atoms with van der Waals surface area (Å²) in [5.41, 5.74) is 1.06. The number of nitrogens with one attached hydrogen (secondary N) is 2. The van der Waals surface area contributed by atoms with Gasteiger partial charge in [0.2, 0.25) is 0 Å². The first-order valence-corrected chi connectivity index (χ1v) is 7.31. The van der Waals surface area contributed by atoms with Crippen LogP contribution >= 0.6 is 0 Å². The highest BCUT2D eigenvalue weighted by Crippen LogP contribution is 2.07. The van der Waals surface area contributed by atoms with Gasteiger partial charge in [0.15, 0.2) is 0 Å². The van der Waals surface area contributed by atoms with Gasteiger partial charge in [-0.1, -0.05) is 32.0 Å². The second-order valence-electron chi connectivity index (χ2n) is 5.73. The number of allylic oxidation sites excluding steroid dienone is 1. The van der Waals surface area contributed by atoms with E-state index in [-0.39, 0.29) is 11.6 Å². The molecule has 0 spiro atoms. The molecule has 0 aliphatic heterocycles. The highest BCUT2D eigenvalue weighted by atomic mass is 16.4. The summed E-state index contributed by atoms with van der Waals surface area (Å²) in [6, 6.07) is 7.46. The molecule has 3 N–H and O–H groups in total. The van der Waals surface area contributed by atoms with Gasteiger partial charge in [0.25, 0.3) is 11.8 Å². The second kappa shape index (κ2) is 8.12. The monoisotopic (exact) mass is 318 g/mol. The summed E-state index contributed by atoms with van der Waals surface area (Å²) in [6.45, 7) is 6.74. The minimum atomic E-state index is -1.11. The average Bonchev–Trinajstić information content (AvgIpc) is 2.49. The van der Waals surface area contributed by atoms with Crippen molar-refractivity contribution >= 4 is 17.8 Å². The summed E-state index contributed by atoms with van der Waals surface area (Å²) in [4.78, 5) is 35.7. The third kappa shape index (κ3) is 5.25. The van der Waals surface area contributed by atoms with E-state index in [4.69, 9.17) is 5.11 Å². The maximum absolute atomic E-state index is 12.3. The smallest absolute Gasteiger partial charge is 0.326 e. The molecule has 0 aliphatic carbocycles. The summed E-state index contributed by atoms with van der Waals surface area (Å²) < 4.78 is 0. The van der Waals surface area contributed by atoms with Crippen LogP contribution in [0.3, 0.4) is 0 Å². The van der Waals surface area contributed by atoms with Crippen LogP contribution in [0.2, 0.25) is 0 Å². The molecule has 23 heavy (non-hydrogen) atoms. The molecule has 1 atom stereocenters. The third-order valence-corrected chi connectivity index (χ3v) is 3.22. The fourth-order valence-electron chi connectivity index (χ4n) is 1.91. The Morgan fingerprint density at radius 2 is 1.61 bits per heavy atom. The van der Waals surface area contributed by atoms with Crippen molar-refractivity contribution in [2.45, 2.75) is 33.7 Å².